The van der Waals surface area contributed by atoms with Gasteiger partial charge in [0.2, 0.25) is 0 Å². The predicted octanol–water partition coefficient (Wildman–Crippen LogP) is 1.27. The molecule has 29 heavy (non-hydrogen) atoms. The van der Waals surface area contributed by atoms with Crippen molar-refractivity contribution in [3.8, 4) is 11.8 Å². The summed E-state index contributed by atoms with van der Waals surface area (Å²) in [6.45, 7) is 0.657. The van der Waals surface area contributed by atoms with Crippen LogP contribution in [0.15, 0.2) is 41.3 Å². The molecule has 1 aliphatic rings. The van der Waals surface area contributed by atoms with Crippen LogP contribution in [0, 0.1) is 0 Å². The smallest absolute Gasteiger partial charge is 0.318 e. The second kappa shape index (κ2) is 9.23. The number of methoxy groups -OCH3 is 1. The van der Waals surface area contributed by atoms with Gasteiger partial charge in [-0.25, -0.2) is 0 Å². The van der Waals surface area contributed by atoms with E-state index >= 15 is 0 Å². The number of aldehydes is 1. The molecule has 0 saturated carbocycles. The third-order valence-corrected chi connectivity index (χ3v) is 5.36. The lowest BCUT2D eigenvalue weighted by atomic mass is 10.1. The summed E-state index contributed by atoms with van der Waals surface area (Å²) in [5.41, 5.74) is 18.2. The van der Waals surface area contributed by atoms with E-state index in [1.54, 1.807) is 12.1 Å². The number of carbonyl (C=O) groups excluding carboxylic acids is 1. The van der Waals surface area contributed by atoms with E-state index in [0.29, 0.717) is 24.1 Å². The molecule has 1 aliphatic heterocycles. The number of nitrogens with one attached hydrogen (secondary N) is 1. The standard InChI is InChI=1S/C19H24N6O3S/c1-27-18-24-15(16-7-6-14(11-26)29-16)10-17(25-18)23-9-8-12-2-4-13(5-3-12)28-19(20,21)22/h2-6,10-11,16H,7-9,20-22H2,1H3,(H,23,24,25). The third kappa shape index (κ3) is 6.16. The molecular formula is C19H24N6O3S. The van der Waals surface area contributed by atoms with E-state index in [0.717, 1.165) is 35.3 Å². The van der Waals surface area contributed by atoms with Gasteiger partial charge < -0.3 is 14.8 Å². The molecular weight excluding hydrogens is 392 g/mol. The summed E-state index contributed by atoms with van der Waals surface area (Å²) in [5.74, 6) is -0.533. The Bertz CT molecular complexity index is 883. The lowest BCUT2D eigenvalue weighted by Gasteiger charge is -2.20. The van der Waals surface area contributed by atoms with E-state index in [1.165, 1.54) is 18.9 Å². The van der Waals surface area contributed by atoms with Gasteiger partial charge in [-0.1, -0.05) is 18.2 Å². The van der Waals surface area contributed by atoms with Gasteiger partial charge in [0.1, 0.15) is 11.6 Å². The predicted molar refractivity (Wildman–Crippen MR) is 112 cm³/mol. The van der Waals surface area contributed by atoms with E-state index in [2.05, 4.69) is 15.3 Å². The fourth-order valence-corrected chi connectivity index (χ4v) is 3.80. The number of aromatic nitrogens is 2. The Morgan fingerprint density at radius 1 is 1.28 bits per heavy atom. The zero-order valence-electron chi connectivity index (χ0n) is 16.0. The minimum atomic E-state index is -1.70. The molecule has 2 aromatic rings. The van der Waals surface area contributed by atoms with E-state index in [4.69, 9.17) is 26.7 Å². The molecule has 9 nitrogen and oxygen atoms in total. The molecule has 0 fully saturated rings. The molecule has 1 unspecified atom stereocenters. The monoisotopic (exact) mass is 416 g/mol. The molecule has 3 rings (SSSR count). The average Bonchev–Trinajstić information content (AvgIpc) is 3.17. The van der Waals surface area contributed by atoms with Gasteiger partial charge in [-0.05, 0) is 30.5 Å². The fourth-order valence-electron chi connectivity index (χ4n) is 2.79. The molecule has 1 aromatic carbocycles. The van der Waals surface area contributed by atoms with Crippen molar-refractivity contribution in [2.45, 2.75) is 24.1 Å². The zero-order chi connectivity index (χ0) is 20.9. The van der Waals surface area contributed by atoms with Gasteiger partial charge in [0.15, 0.2) is 6.29 Å². The lowest BCUT2D eigenvalue weighted by Crippen LogP contribution is -2.62. The van der Waals surface area contributed by atoms with Crippen LogP contribution in [0.5, 0.6) is 11.8 Å². The molecule has 7 N–H and O–H groups in total. The largest absolute Gasteiger partial charge is 0.467 e. The highest BCUT2D eigenvalue weighted by molar-refractivity contribution is 8.04. The van der Waals surface area contributed by atoms with Crippen molar-refractivity contribution in [1.29, 1.82) is 0 Å². The van der Waals surface area contributed by atoms with Gasteiger partial charge >= 0.3 is 6.01 Å². The summed E-state index contributed by atoms with van der Waals surface area (Å²) in [6, 6.07) is 9.53. The molecule has 154 valence electrons. The number of hydrogen-bond acceptors (Lipinski definition) is 10. The number of nitrogens with zero attached hydrogens (tertiary/aromatic N) is 2. The summed E-state index contributed by atoms with van der Waals surface area (Å²) < 4.78 is 10.4. The Labute approximate surface area is 173 Å². The second-order valence-electron chi connectivity index (χ2n) is 6.51. The summed E-state index contributed by atoms with van der Waals surface area (Å²) in [7, 11) is 1.53. The maximum Gasteiger partial charge on any atom is 0.318 e. The van der Waals surface area contributed by atoms with Crippen LogP contribution in [-0.4, -0.2) is 35.9 Å². The highest BCUT2D eigenvalue weighted by Gasteiger charge is 2.22. The van der Waals surface area contributed by atoms with Gasteiger partial charge in [-0.2, -0.15) is 9.97 Å². The molecule has 1 aromatic heterocycles. The van der Waals surface area contributed by atoms with E-state index < -0.39 is 5.97 Å². The average molecular weight is 417 g/mol. The van der Waals surface area contributed by atoms with Crippen LogP contribution in [0.2, 0.25) is 0 Å². The number of benzene rings is 1. The number of allylic oxidation sites excluding steroid dienone is 2. The molecule has 0 radical (unpaired) electrons. The van der Waals surface area contributed by atoms with Crippen LogP contribution in [0.1, 0.15) is 22.9 Å². The van der Waals surface area contributed by atoms with Crippen molar-refractivity contribution in [3.05, 3.63) is 52.6 Å². The number of rotatable bonds is 9. The van der Waals surface area contributed by atoms with E-state index in [1.807, 2.05) is 24.3 Å². The van der Waals surface area contributed by atoms with Gasteiger partial charge in [0.25, 0.3) is 5.97 Å². The maximum absolute atomic E-state index is 11.0. The highest BCUT2D eigenvalue weighted by atomic mass is 32.2. The number of thioether (sulfide) groups is 1. The van der Waals surface area contributed by atoms with Crippen LogP contribution in [0.3, 0.4) is 0 Å². The lowest BCUT2D eigenvalue weighted by molar-refractivity contribution is -0.104. The zero-order valence-corrected chi connectivity index (χ0v) is 16.8. The SMILES string of the molecule is COc1nc(NCCc2ccc(OC(N)(N)N)cc2)cc(C2CC=C(C=O)S2)n1. The molecule has 0 aliphatic carbocycles. The van der Waals surface area contributed by atoms with Crippen LogP contribution < -0.4 is 32.0 Å². The van der Waals surface area contributed by atoms with Gasteiger partial charge in [0.05, 0.1) is 18.1 Å². The molecule has 0 amide bonds. The first kappa shape index (κ1) is 21.1. The number of carbonyl (C=O) groups is 1. The third-order valence-electron chi connectivity index (χ3n) is 4.10. The van der Waals surface area contributed by atoms with Crippen LogP contribution in [0.25, 0.3) is 0 Å². The second-order valence-corrected chi connectivity index (χ2v) is 7.78. The van der Waals surface area contributed by atoms with E-state index in [-0.39, 0.29) is 5.25 Å². The first-order valence-electron chi connectivity index (χ1n) is 8.99. The molecule has 0 bridgehead atoms. The number of nitrogens with two attached hydrogens (primary N) is 3. The Morgan fingerprint density at radius 3 is 2.66 bits per heavy atom. The number of ether oxygens (including phenoxy) is 2. The molecule has 0 saturated heterocycles. The fraction of sp³-hybridized carbons (Fsp3) is 0.316. The molecule has 0 spiro atoms. The number of hydrogen-bond donors (Lipinski definition) is 4. The van der Waals surface area contributed by atoms with Crippen LogP contribution >= 0.6 is 11.8 Å². The van der Waals surface area contributed by atoms with Crippen LogP contribution in [-0.2, 0) is 11.2 Å². The van der Waals surface area contributed by atoms with Gasteiger partial charge in [0, 0.05) is 17.5 Å². The van der Waals surface area contributed by atoms with Crippen molar-refractivity contribution in [3.63, 3.8) is 0 Å². The van der Waals surface area contributed by atoms with Crippen molar-refractivity contribution < 1.29 is 14.3 Å². The summed E-state index contributed by atoms with van der Waals surface area (Å²) in [6.07, 6.45) is 4.30. The number of anilines is 1. The van der Waals surface area contributed by atoms with Gasteiger partial charge in [-0.3, -0.25) is 22.0 Å². The van der Waals surface area contributed by atoms with Crippen molar-refractivity contribution >= 4 is 23.9 Å². The summed E-state index contributed by atoms with van der Waals surface area (Å²) in [5, 5.41) is 3.37. The van der Waals surface area contributed by atoms with E-state index in [9.17, 15) is 4.79 Å². The normalized spacial score (nSPS) is 16.3. The Morgan fingerprint density at radius 2 is 2.03 bits per heavy atom. The molecule has 10 heteroatoms. The van der Waals surface area contributed by atoms with Crippen LogP contribution in [0.4, 0.5) is 5.82 Å². The minimum absolute atomic E-state index is 0.0833. The molecule has 2 heterocycles. The van der Waals surface area contributed by atoms with Crippen molar-refractivity contribution in [2.75, 3.05) is 19.0 Å². The Kier molecular flexibility index (Phi) is 6.70. The maximum atomic E-state index is 11.0. The van der Waals surface area contributed by atoms with Crippen molar-refractivity contribution in [1.82, 2.24) is 9.97 Å². The Balaban J connectivity index is 1.59. The Hall–Kier alpha value is -2.66. The van der Waals surface area contributed by atoms with Gasteiger partial charge in [-0.15, -0.1) is 11.8 Å². The molecule has 1 atom stereocenters. The minimum Gasteiger partial charge on any atom is -0.467 e. The quantitative estimate of drug-likeness (QED) is 0.347. The highest BCUT2D eigenvalue weighted by Crippen LogP contribution is 2.42. The van der Waals surface area contributed by atoms with Crippen molar-refractivity contribution in [2.24, 2.45) is 17.2 Å². The first-order valence-corrected chi connectivity index (χ1v) is 9.87. The topological polar surface area (TPSA) is 151 Å². The first-order chi connectivity index (χ1) is 13.9. The summed E-state index contributed by atoms with van der Waals surface area (Å²) >= 11 is 1.50. The summed E-state index contributed by atoms with van der Waals surface area (Å²) in [4.78, 5) is 20.4.